The maximum Gasteiger partial charge on any atom is 0.139 e. The van der Waals surface area contributed by atoms with Gasteiger partial charge in [0.05, 0.1) is 19.8 Å². The van der Waals surface area contributed by atoms with Crippen LogP contribution in [0.25, 0.3) is 10.9 Å². The molecule has 1 heterocycles. The molecule has 1 unspecified atom stereocenters. The minimum atomic E-state index is -1.25. The van der Waals surface area contributed by atoms with Crippen molar-refractivity contribution in [3.05, 3.63) is 28.9 Å². The number of fused-ring (bicyclic) bond motifs is 1. The zero-order chi connectivity index (χ0) is 13.3. The summed E-state index contributed by atoms with van der Waals surface area (Å²) in [5.41, 5.74) is 1.43. The molecule has 98 valence electrons. The molecule has 18 heavy (non-hydrogen) atoms. The van der Waals surface area contributed by atoms with Crippen molar-refractivity contribution in [1.29, 1.82) is 0 Å². The molecule has 1 atom stereocenters. The van der Waals surface area contributed by atoms with Crippen LogP contribution in [0.3, 0.4) is 0 Å². The van der Waals surface area contributed by atoms with Crippen LogP contribution in [0.1, 0.15) is 6.92 Å². The molecule has 5 heteroatoms. The van der Waals surface area contributed by atoms with Crippen LogP contribution < -0.4 is 0 Å². The molecule has 0 N–H and O–H groups in total. The van der Waals surface area contributed by atoms with Gasteiger partial charge >= 0.3 is 0 Å². The second-order valence-electron chi connectivity index (χ2n) is 5.65. The van der Waals surface area contributed by atoms with E-state index in [-0.39, 0.29) is 0 Å². The molecule has 0 amide bonds. The number of hydrogen-bond acceptors (Lipinski definition) is 2. The van der Waals surface area contributed by atoms with Gasteiger partial charge in [-0.1, -0.05) is 41.6 Å². The Labute approximate surface area is 117 Å². The molecule has 0 aliphatic heterocycles. The molecule has 0 spiro atoms. The van der Waals surface area contributed by atoms with Crippen LogP contribution in [-0.2, 0) is 11.5 Å². The van der Waals surface area contributed by atoms with Crippen LogP contribution in [0.15, 0.2) is 28.9 Å². The summed E-state index contributed by atoms with van der Waals surface area (Å²) in [5, 5.41) is 5.52. The highest BCUT2D eigenvalue weighted by atomic mass is 79.9. The fraction of sp³-hybridized carbons (Fsp3) is 0.462. The lowest BCUT2D eigenvalue weighted by Crippen LogP contribution is -2.38. The van der Waals surface area contributed by atoms with Crippen molar-refractivity contribution in [1.82, 2.24) is 9.78 Å². The summed E-state index contributed by atoms with van der Waals surface area (Å²) in [6.07, 6.45) is 1.88. The molecule has 2 rings (SSSR count). The molecule has 0 saturated carbocycles. The summed E-state index contributed by atoms with van der Waals surface area (Å²) in [5.74, 6) is 0. The molecule has 0 radical (unpaired) electrons. The summed E-state index contributed by atoms with van der Waals surface area (Å²) >= 11 is 3.49. The third kappa shape index (κ3) is 3.02. The number of benzene rings is 1. The summed E-state index contributed by atoms with van der Waals surface area (Å²) in [6.45, 7) is 9.62. The van der Waals surface area contributed by atoms with E-state index < -0.39 is 8.07 Å². The Morgan fingerprint density at radius 2 is 2.11 bits per heavy atom. The molecular weight excluding hydrogens is 308 g/mol. The van der Waals surface area contributed by atoms with Gasteiger partial charge in [-0.25, -0.2) is 4.68 Å². The van der Waals surface area contributed by atoms with Gasteiger partial charge in [0, 0.05) is 15.6 Å². The Morgan fingerprint density at radius 1 is 1.39 bits per heavy atom. The normalized spacial score (nSPS) is 14.1. The third-order valence-electron chi connectivity index (χ3n) is 3.27. The number of aromatic nitrogens is 2. The maximum atomic E-state index is 5.95. The van der Waals surface area contributed by atoms with E-state index in [1.165, 1.54) is 0 Å². The molecule has 3 nitrogen and oxygen atoms in total. The molecule has 0 aliphatic carbocycles. The van der Waals surface area contributed by atoms with Crippen molar-refractivity contribution in [2.75, 3.05) is 0 Å². The van der Waals surface area contributed by atoms with Crippen molar-refractivity contribution >= 4 is 34.9 Å². The Hall–Kier alpha value is -0.653. The number of halogens is 1. The van der Waals surface area contributed by atoms with Gasteiger partial charge < -0.3 is 4.74 Å². The quantitative estimate of drug-likeness (QED) is 0.793. The monoisotopic (exact) mass is 326 g/mol. The fourth-order valence-corrected chi connectivity index (χ4v) is 2.50. The van der Waals surface area contributed by atoms with Gasteiger partial charge in [-0.2, -0.15) is 5.10 Å². The largest absolute Gasteiger partial charge is 0.360 e. The summed E-state index contributed by atoms with van der Waals surface area (Å²) in [4.78, 5) is 0. The maximum absolute atomic E-state index is 5.95. The molecule has 2 aromatic rings. The van der Waals surface area contributed by atoms with Gasteiger partial charge in [0.2, 0.25) is 0 Å². The van der Waals surface area contributed by atoms with Crippen LogP contribution in [0.4, 0.5) is 0 Å². The van der Waals surface area contributed by atoms with Crippen LogP contribution in [-0.4, -0.2) is 23.6 Å². The van der Waals surface area contributed by atoms with Crippen LogP contribution in [0.5, 0.6) is 0 Å². The summed E-state index contributed by atoms with van der Waals surface area (Å²) in [7, 11) is -1.25. The number of hydrogen-bond donors (Lipinski definition) is 0. The van der Waals surface area contributed by atoms with E-state index in [4.69, 9.17) is 4.74 Å². The number of ether oxygens (including phenoxy) is 1. The Balaban J connectivity index is 2.15. The van der Waals surface area contributed by atoms with Gasteiger partial charge in [-0.05, 0) is 19.1 Å². The van der Waals surface area contributed by atoms with Crippen molar-refractivity contribution in [2.45, 2.75) is 39.0 Å². The van der Waals surface area contributed by atoms with Gasteiger partial charge in [-0.15, -0.1) is 0 Å². The first kappa shape index (κ1) is 13.8. The third-order valence-corrected chi connectivity index (χ3v) is 6.37. The molecule has 0 bridgehead atoms. The Bertz CT molecular complexity index is 547. The lowest BCUT2D eigenvalue weighted by molar-refractivity contribution is 0.0518. The zero-order valence-electron chi connectivity index (χ0n) is 11.3. The van der Waals surface area contributed by atoms with E-state index >= 15 is 0 Å². The molecule has 0 fully saturated rings. The highest BCUT2D eigenvalue weighted by molar-refractivity contribution is 9.10. The summed E-state index contributed by atoms with van der Waals surface area (Å²) < 4.78 is 8.92. The number of nitrogens with zero attached hydrogens (tertiary/aromatic N) is 2. The van der Waals surface area contributed by atoms with Gasteiger partial charge in [0.1, 0.15) is 6.73 Å². The van der Waals surface area contributed by atoms with Gasteiger partial charge in [-0.3, -0.25) is 0 Å². The zero-order valence-corrected chi connectivity index (χ0v) is 13.9. The van der Waals surface area contributed by atoms with E-state index in [1.54, 1.807) is 0 Å². The van der Waals surface area contributed by atoms with Gasteiger partial charge in [0.15, 0.2) is 0 Å². The van der Waals surface area contributed by atoms with Crippen molar-refractivity contribution in [3.63, 3.8) is 0 Å². The SMILES string of the molecule is CC(OCn1ncc2ccc(Br)cc21)[Si](C)(C)C. The minimum Gasteiger partial charge on any atom is -0.360 e. The Kier molecular flexibility index (Phi) is 3.94. The van der Waals surface area contributed by atoms with Crippen molar-refractivity contribution in [3.8, 4) is 0 Å². The second kappa shape index (κ2) is 5.15. The lowest BCUT2D eigenvalue weighted by Gasteiger charge is -2.25. The fourth-order valence-electron chi connectivity index (χ4n) is 1.58. The van der Waals surface area contributed by atoms with Crippen LogP contribution >= 0.6 is 15.9 Å². The predicted molar refractivity (Wildman–Crippen MR) is 81.3 cm³/mol. The summed E-state index contributed by atoms with van der Waals surface area (Å²) in [6, 6.07) is 6.16. The Morgan fingerprint density at radius 3 is 2.78 bits per heavy atom. The van der Waals surface area contributed by atoms with E-state index in [1.807, 2.05) is 16.9 Å². The van der Waals surface area contributed by atoms with E-state index in [0.717, 1.165) is 15.4 Å². The van der Waals surface area contributed by atoms with E-state index in [9.17, 15) is 0 Å². The molecule has 1 aromatic heterocycles. The second-order valence-corrected chi connectivity index (χ2v) is 12.1. The van der Waals surface area contributed by atoms with Crippen molar-refractivity contribution < 1.29 is 4.74 Å². The molecular formula is C13H19BrN2OSi. The molecule has 1 aromatic carbocycles. The average molecular weight is 327 g/mol. The number of rotatable bonds is 4. The highest BCUT2D eigenvalue weighted by Gasteiger charge is 2.23. The van der Waals surface area contributed by atoms with E-state index in [2.05, 4.69) is 59.7 Å². The minimum absolute atomic E-state index is 0.323. The molecule has 0 saturated heterocycles. The topological polar surface area (TPSA) is 27.1 Å². The van der Waals surface area contributed by atoms with E-state index in [0.29, 0.717) is 12.5 Å². The predicted octanol–water partition coefficient (Wildman–Crippen LogP) is 4.04. The standard InChI is InChI=1S/C13H19BrN2OSi/c1-10(18(2,3)4)17-9-16-13-7-12(14)6-5-11(13)8-15-16/h5-8,10H,9H2,1-4H3. The van der Waals surface area contributed by atoms with Crippen LogP contribution in [0, 0.1) is 0 Å². The average Bonchev–Trinajstić information content (AvgIpc) is 2.67. The van der Waals surface area contributed by atoms with Gasteiger partial charge in [0.25, 0.3) is 0 Å². The first-order valence-electron chi connectivity index (χ1n) is 6.10. The van der Waals surface area contributed by atoms with Crippen molar-refractivity contribution in [2.24, 2.45) is 0 Å². The van der Waals surface area contributed by atoms with Crippen LogP contribution in [0.2, 0.25) is 19.6 Å². The lowest BCUT2D eigenvalue weighted by atomic mass is 10.3. The smallest absolute Gasteiger partial charge is 0.139 e. The first-order valence-corrected chi connectivity index (χ1v) is 10.5. The molecule has 0 aliphatic rings. The first-order chi connectivity index (χ1) is 8.38. The highest BCUT2D eigenvalue weighted by Crippen LogP contribution is 2.20.